The van der Waals surface area contributed by atoms with Crippen molar-refractivity contribution < 1.29 is 33.3 Å². The maximum absolute atomic E-state index is 12.0. The smallest absolute Gasteiger partial charge is 0.347 e. The van der Waals surface area contributed by atoms with Crippen molar-refractivity contribution in [1.82, 2.24) is 5.32 Å². The second-order valence-electron chi connectivity index (χ2n) is 4.69. The second kappa shape index (κ2) is 7.48. The third-order valence-corrected chi connectivity index (χ3v) is 3.20. The van der Waals surface area contributed by atoms with Gasteiger partial charge < -0.3 is 24.3 Å². The van der Waals surface area contributed by atoms with E-state index in [2.05, 4.69) is 10.1 Å². The van der Waals surface area contributed by atoms with Gasteiger partial charge in [0.05, 0.1) is 20.8 Å². The zero-order valence-electron chi connectivity index (χ0n) is 12.8. The van der Waals surface area contributed by atoms with Crippen LogP contribution in [0.2, 0.25) is 0 Å². The van der Waals surface area contributed by atoms with Crippen LogP contribution in [0.25, 0.3) is 0 Å². The first-order valence-electron chi connectivity index (χ1n) is 6.91. The van der Waals surface area contributed by atoms with E-state index in [1.165, 1.54) is 26.4 Å². The zero-order chi connectivity index (χ0) is 16.8. The highest BCUT2D eigenvalue weighted by Crippen LogP contribution is 2.27. The number of carbonyl (C=O) groups excluding carboxylic acids is 3. The maximum atomic E-state index is 12.0. The van der Waals surface area contributed by atoms with E-state index in [9.17, 15) is 14.4 Å². The molecule has 1 aliphatic rings. The van der Waals surface area contributed by atoms with Gasteiger partial charge in [-0.1, -0.05) is 0 Å². The van der Waals surface area contributed by atoms with Crippen LogP contribution in [0.3, 0.4) is 0 Å². The predicted molar refractivity (Wildman–Crippen MR) is 77.3 cm³/mol. The molecule has 1 heterocycles. The summed E-state index contributed by atoms with van der Waals surface area (Å²) in [6.45, 7) is -0.119. The number of rotatable bonds is 6. The fourth-order valence-electron chi connectivity index (χ4n) is 2.02. The number of hydrogen-bond donors (Lipinski definition) is 1. The molecule has 23 heavy (non-hydrogen) atoms. The quantitative estimate of drug-likeness (QED) is 0.751. The van der Waals surface area contributed by atoms with Crippen LogP contribution in [0.5, 0.6) is 11.5 Å². The fourth-order valence-corrected chi connectivity index (χ4v) is 2.02. The van der Waals surface area contributed by atoms with Gasteiger partial charge in [-0.25, -0.2) is 4.79 Å². The van der Waals surface area contributed by atoms with E-state index < -0.39 is 23.9 Å². The van der Waals surface area contributed by atoms with Crippen molar-refractivity contribution in [2.75, 3.05) is 27.4 Å². The Balaban J connectivity index is 1.89. The third kappa shape index (κ3) is 4.12. The van der Waals surface area contributed by atoms with Crippen LogP contribution in [0.1, 0.15) is 16.8 Å². The number of benzene rings is 1. The van der Waals surface area contributed by atoms with Crippen molar-refractivity contribution in [3.05, 3.63) is 23.8 Å². The highest BCUT2D eigenvalue weighted by Gasteiger charge is 2.30. The fraction of sp³-hybridized carbons (Fsp3) is 0.400. The van der Waals surface area contributed by atoms with Crippen molar-refractivity contribution >= 4 is 17.8 Å². The van der Waals surface area contributed by atoms with E-state index in [4.69, 9.17) is 14.2 Å². The summed E-state index contributed by atoms with van der Waals surface area (Å²) in [7, 11) is 2.94. The van der Waals surface area contributed by atoms with Crippen LogP contribution < -0.4 is 14.8 Å². The van der Waals surface area contributed by atoms with Gasteiger partial charge in [0.1, 0.15) is 6.54 Å². The maximum Gasteiger partial charge on any atom is 0.347 e. The largest absolute Gasteiger partial charge is 0.493 e. The highest BCUT2D eigenvalue weighted by atomic mass is 16.6. The minimum Gasteiger partial charge on any atom is -0.493 e. The highest BCUT2D eigenvalue weighted by molar-refractivity contribution is 5.96. The summed E-state index contributed by atoms with van der Waals surface area (Å²) in [5.41, 5.74) is 0.302. The van der Waals surface area contributed by atoms with Crippen LogP contribution in [0.4, 0.5) is 0 Å². The predicted octanol–water partition coefficient (Wildman–Crippen LogP) is 0.292. The summed E-state index contributed by atoms with van der Waals surface area (Å²) in [6, 6.07) is 4.62. The Bertz CT molecular complexity index is 614. The minimum atomic E-state index is -0.888. The number of cyclic esters (lactones) is 1. The first-order valence-corrected chi connectivity index (χ1v) is 6.91. The molecule has 1 N–H and O–H groups in total. The van der Waals surface area contributed by atoms with Gasteiger partial charge in [0.15, 0.2) is 11.5 Å². The molecule has 0 spiro atoms. The Labute approximate surface area is 132 Å². The van der Waals surface area contributed by atoms with Gasteiger partial charge in [0.25, 0.3) is 5.91 Å². The molecular weight excluding hydrogens is 306 g/mol. The second-order valence-corrected chi connectivity index (χ2v) is 4.69. The van der Waals surface area contributed by atoms with Crippen molar-refractivity contribution in [3.63, 3.8) is 0 Å². The Hall–Kier alpha value is -2.77. The molecule has 1 amide bonds. The van der Waals surface area contributed by atoms with Gasteiger partial charge >= 0.3 is 11.9 Å². The molecule has 1 aliphatic heterocycles. The van der Waals surface area contributed by atoms with E-state index >= 15 is 0 Å². The number of methoxy groups -OCH3 is 2. The van der Waals surface area contributed by atoms with Crippen LogP contribution in [-0.4, -0.2) is 51.3 Å². The van der Waals surface area contributed by atoms with Crippen molar-refractivity contribution in [2.45, 2.75) is 12.5 Å². The van der Waals surface area contributed by atoms with Gasteiger partial charge in [-0.2, -0.15) is 0 Å². The molecule has 0 bridgehead atoms. The standard InChI is InChI=1S/C15H17NO7/c1-20-10-4-3-9(7-12(10)21-2)14(18)16-8-13(17)23-11-5-6-22-15(11)19/h3-4,7,11H,5-6,8H2,1-2H3,(H,16,18). The molecule has 1 unspecified atom stereocenters. The van der Waals surface area contributed by atoms with Crippen molar-refractivity contribution in [3.8, 4) is 11.5 Å². The van der Waals surface area contributed by atoms with Gasteiger partial charge in [0.2, 0.25) is 6.10 Å². The monoisotopic (exact) mass is 323 g/mol. The van der Waals surface area contributed by atoms with Gasteiger partial charge in [-0.15, -0.1) is 0 Å². The van der Waals surface area contributed by atoms with Crippen molar-refractivity contribution in [1.29, 1.82) is 0 Å². The topological polar surface area (TPSA) is 100 Å². The number of carbonyl (C=O) groups is 3. The van der Waals surface area contributed by atoms with Crippen LogP contribution >= 0.6 is 0 Å². The third-order valence-electron chi connectivity index (χ3n) is 3.20. The molecule has 2 rings (SSSR count). The van der Waals surface area contributed by atoms with E-state index in [0.29, 0.717) is 23.5 Å². The molecule has 1 atom stereocenters. The van der Waals surface area contributed by atoms with Gasteiger partial charge in [-0.05, 0) is 18.2 Å². The summed E-state index contributed by atoms with van der Waals surface area (Å²) in [6.07, 6.45) is -0.561. The molecule has 0 aliphatic carbocycles. The SMILES string of the molecule is COc1ccc(C(=O)NCC(=O)OC2CCOC2=O)cc1OC. The molecule has 1 saturated heterocycles. The molecule has 8 heteroatoms. The zero-order valence-corrected chi connectivity index (χ0v) is 12.8. The summed E-state index contributed by atoms with van der Waals surface area (Å²) in [4.78, 5) is 34.8. The van der Waals surface area contributed by atoms with Crippen molar-refractivity contribution in [2.24, 2.45) is 0 Å². The summed E-state index contributed by atoms with van der Waals surface area (Å²) in [5.74, 6) is -0.858. The number of nitrogens with one attached hydrogen (secondary N) is 1. The summed E-state index contributed by atoms with van der Waals surface area (Å²) in [5, 5.41) is 2.41. The van der Waals surface area contributed by atoms with Crippen LogP contribution in [0, 0.1) is 0 Å². The molecule has 1 aromatic rings. The Morgan fingerprint density at radius 2 is 2.00 bits per heavy atom. The molecular formula is C15H17NO7. The first kappa shape index (κ1) is 16.6. The Morgan fingerprint density at radius 1 is 1.26 bits per heavy atom. The van der Waals surface area contributed by atoms with Crippen LogP contribution in [-0.2, 0) is 19.1 Å². The lowest BCUT2D eigenvalue weighted by atomic mass is 10.2. The molecule has 8 nitrogen and oxygen atoms in total. The minimum absolute atomic E-state index is 0.231. The molecule has 1 fully saturated rings. The van der Waals surface area contributed by atoms with E-state index in [1.54, 1.807) is 6.07 Å². The molecule has 124 valence electrons. The lowest BCUT2D eigenvalue weighted by molar-refractivity contribution is -0.159. The average Bonchev–Trinajstić information content (AvgIpc) is 2.96. The van der Waals surface area contributed by atoms with Gasteiger partial charge in [0, 0.05) is 12.0 Å². The molecule has 1 aromatic carbocycles. The first-order chi connectivity index (χ1) is 11.0. The van der Waals surface area contributed by atoms with E-state index in [-0.39, 0.29) is 13.2 Å². The number of amides is 1. The molecule has 0 saturated carbocycles. The lowest BCUT2D eigenvalue weighted by Crippen LogP contribution is -2.33. The molecule has 0 radical (unpaired) electrons. The lowest BCUT2D eigenvalue weighted by Gasteiger charge is -2.11. The number of hydrogen-bond acceptors (Lipinski definition) is 7. The normalized spacial score (nSPS) is 16.4. The molecule has 0 aromatic heterocycles. The Morgan fingerprint density at radius 3 is 2.61 bits per heavy atom. The van der Waals surface area contributed by atoms with Gasteiger partial charge in [-0.3, -0.25) is 9.59 Å². The summed E-state index contributed by atoms with van der Waals surface area (Å²) >= 11 is 0. The van der Waals surface area contributed by atoms with E-state index in [0.717, 1.165) is 0 Å². The van der Waals surface area contributed by atoms with E-state index in [1.807, 2.05) is 0 Å². The average molecular weight is 323 g/mol. The Kier molecular flexibility index (Phi) is 5.40. The summed E-state index contributed by atoms with van der Waals surface area (Å²) < 4.78 is 19.8. The number of esters is 2. The number of ether oxygens (including phenoxy) is 4. The van der Waals surface area contributed by atoms with Crippen LogP contribution in [0.15, 0.2) is 18.2 Å².